The molecule has 3 aromatic rings. The predicted molar refractivity (Wildman–Crippen MR) is 86.3 cm³/mol. The average molecular weight is 299 g/mol. The Morgan fingerprint density at radius 1 is 1.19 bits per heavy atom. The highest BCUT2D eigenvalue weighted by Gasteiger charge is 2.15. The minimum absolute atomic E-state index is 0.511. The SMILES string of the molecule is Cc1cc(N)sc1-c1nc(-c2ccc(C(C)C)cc2)no1. The molecule has 0 aliphatic rings. The van der Waals surface area contributed by atoms with E-state index in [2.05, 4.69) is 36.1 Å². The van der Waals surface area contributed by atoms with Crippen molar-refractivity contribution >= 4 is 16.3 Å². The number of benzene rings is 1. The van der Waals surface area contributed by atoms with Crippen LogP contribution in [0.25, 0.3) is 22.2 Å². The van der Waals surface area contributed by atoms with E-state index in [9.17, 15) is 0 Å². The van der Waals surface area contributed by atoms with Gasteiger partial charge in [-0.2, -0.15) is 4.98 Å². The van der Waals surface area contributed by atoms with Crippen molar-refractivity contribution in [1.82, 2.24) is 10.1 Å². The van der Waals surface area contributed by atoms with Crippen LogP contribution in [-0.2, 0) is 0 Å². The first-order valence-electron chi connectivity index (χ1n) is 6.85. The fraction of sp³-hybridized carbons (Fsp3) is 0.250. The lowest BCUT2D eigenvalue weighted by Crippen LogP contribution is -1.87. The molecular formula is C16H17N3OS. The molecule has 0 atom stereocenters. The Morgan fingerprint density at radius 3 is 2.48 bits per heavy atom. The molecule has 0 saturated heterocycles. The van der Waals surface area contributed by atoms with Crippen LogP contribution in [0, 0.1) is 6.92 Å². The van der Waals surface area contributed by atoms with Gasteiger partial charge in [-0.1, -0.05) is 43.3 Å². The van der Waals surface area contributed by atoms with Gasteiger partial charge in [-0.15, -0.1) is 11.3 Å². The molecule has 2 aromatic heterocycles. The second kappa shape index (κ2) is 5.33. The Bertz CT molecular complexity index is 756. The molecule has 108 valence electrons. The van der Waals surface area contributed by atoms with Crippen LogP contribution in [0.4, 0.5) is 5.00 Å². The summed E-state index contributed by atoms with van der Waals surface area (Å²) in [6, 6.07) is 10.2. The van der Waals surface area contributed by atoms with Gasteiger partial charge < -0.3 is 10.3 Å². The fourth-order valence-corrected chi connectivity index (χ4v) is 3.03. The third kappa shape index (κ3) is 2.69. The second-order valence-corrected chi connectivity index (χ2v) is 6.44. The highest BCUT2D eigenvalue weighted by molar-refractivity contribution is 7.19. The van der Waals surface area contributed by atoms with Crippen LogP contribution in [0.2, 0.25) is 0 Å². The quantitative estimate of drug-likeness (QED) is 0.774. The minimum atomic E-state index is 0.511. The van der Waals surface area contributed by atoms with Crippen molar-refractivity contribution < 1.29 is 4.52 Å². The molecule has 0 aliphatic carbocycles. The van der Waals surface area contributed by atoms with E-state index in [1.54, 1.807) is 0 Å². The van der Waals surface area contributed by atoms with Gasteiger partial charge in [-0.3, -0.25) is 0 Å². The maximum Gasteiger partial charge on any atom is 0.268 e. The van der Waals surface area contributed by atoms with E-state index in [1.165, 1.54) is 16.9 Å². The Labute approximate surface area is 127 Å². The molecule has 0 saturated carbocycles. The van der Waals surface area contributed by atoms with Crippen LogP contribution in [0.3, 0.4) is 0 Å². The average Bonchev–Trinajstić information content (AvgIpc) is 3.05. The largest absolute Gasteiger partial charge is 0.391 e. The Kier molecular flexibility index (Phi) is 3.51. The van der Waals surface area contributed by atoms with Gasteiger partial charge in [-0.05, 0) is 30.0 Å². The molecule has 2 N–H and O–H groups in total. The number of anilines is 1. The first-order valence-corrected chi connectivity index (χ1v) is 7.66. The number of hydrogen-bond acceptors (Lipinski definition) is 5. The number of nitrogen functional groups attached to an aromatic ring is 1. The molecule has 2 heterocycles. The molecule has 21 heavy (non-hydrogen) atoms. The number of rotatable bonds is 3. The van der Waals surface area contributed by atoms with Crippen molar-refractivity contribution in [3.05, 3.63) is 41.5 Å². The number of hydrogen-bond donors (Lipinski definition) is 1. The van der Waals surface area contributed by atoms with E-state index in [4.69, 9.17) is 10.3 Å². The van der Waals surface area contributed by atoms with Crippen LogP contribution in [0.15, 0.2) is 34.9 Å². The van der Waals surface area contributed by atoms with E-state index in [0.717, 1.165) is 21.0 Å². The van der Waals surface area contributed by atoms with Crippen molar-refractivity contribution in [2.24, 2.45) is 0 Å². The molecule has 0 spiro atoms. The fourth-order valence-electron chi connectivity index (χ4n) is 2.17. The van der Waals surface area contributed by atoms with Gasteiger partial charge in [0.1, 0.15) is 0 Å². The van der Waals surface area contributed by atoms with Crippen LogP contribution < -0.4 is 5.73 Å². The number of thiophene rings is 1. The number of aryl methyl sites for hydroxylation is 1. The highest BCUT2D eigenvalue weighted by atomic mass is 32.1. The number of nitrogens with zero attached hydrogens (tertiary/aromatic N) is 2. The van der Waals surface area contributed by atoms with Crippen molar-refractivity contribution in [1.29, 1.82) is 0 Å². The van der Waals surface area contributed by atoms with Crippen molar-refractivity contribution in [2.75, 3.05) is 5.73 Å². The van der Waals surface area contributed by atoms with Gasteiger partial charge in [0.05, 0.1) is 9.88 Å². The minimum Gasteiger partial charge on any atom is -0.391 e. The smallest absolute Gasteiger partial charge is 0.268 e. The number of nitrogens with two attached hydrogens (primary N) is 1. The summed E-state index contributed by atoms with van der Waals surface area (Å²) in [7, 11) is 0. The number of aromatic nitrogens is 2. The molecule has 0 unspecified atom stereocenters. The van der Waals surface area contributed by atoms with E-state index in [-0.39, 0.29) is 0 Å². The van der Waals surface area contributed by atoms with Crippen LogP contribution >= 0.6 is 11.3 Å². The maximum atomic E-state index is 5.81. The highest BCUT2D eigenvalue weighted by Crippen LogP contribution is 2.33. The summed E-state index contributed by atoms with van der Waals surface area (Å²) in [6.45, 7) is 6.33. The van der Waals surface area contributed by atoms with Gasteiger partial charge in [0.15, 0.2) is 0 Å². The van der Waals surface area contributed by atoms with Crippen molar-refractivity contribution in [2.45, 2.75) is 26.7 Å². The Hall–Kier alpha value is -2.14. The molecule has 4 nitrogen and oxygen atoms in total. The van der Waals surface area contributed by atoms with Gasteiger partial charge in [-0.25, -0.2) is 0 Å². The molecule has 0 bridgehead atoms. The van der Waals surface area contributed by atoms with Gasteiger partial charge in [0.2, 0.25) is 5.82 Å². The zero-order valence-electron chi connectivity index (χ0n) is 12.3. The molecule has 0 radical (unpaired) electrons. The van der Waals surface area contributed by atoms with Crippen molar-refractivity contribution in [3.8, 4) is 22.2 Å². The van der Waals surface area contributed by atoms with E-state index in [0.29, 0.717) is 17.6 Å². The summed E-state index contributed by atoms with van der Waals surface area (Å²) in [4.78, 5) is 5.41. The topological polar surface area (TPSA) is 64.9 Å². The Balaban J connectivity index is 1.93. The second-order valence-electron chi connectivity index (χ2n) is 5.36. The maximum absolute atomic E-state index is 5.81. The van der Waals surface area contributed by atoms with Gasteiger partial charge in [0, 0.05) is 5.56 Å². The van der Waals surface area contributed by atoms with Gasteiger partial charge in [0.25, 0.3) is 5.89 Å². The third-order valence-corrected chi connectivity index (χ3v) is 4.45. The first kappa shape index (κ1) is 13.8. The van der Waals surface area contributed by atoms with E-state index >= 15 is 0 Å². The van der Waals surface area contributed by atoms with Gasteiger partial charge >= 0.3 is 0 Å². The molecular weight excluding hydrogens is 282 g/mol. The molecule has 0 aliphatic heterocycles. The normalized spacial score (nSPS) is 11.2. The monoisotopic (exact) mass is 299 g/mol. The lowest BCUT2D eigenvalue weighted by molar-refractivity contribution is 0.433. The standard InChI is InChI=1S/C16H17N3OS/c1-9(2)11-4-6-12(7-5-11)15-18-16(20-19-15)14-10(3)8-13(17)21-14/h4-9H,17H2,1-3H3. The van der Waals surface area contributed by atoms with Crippen molar-refractivity contribution in [3.63, 3.8) is 0 Å². The van der Waals surface area contributed by atoms with Crippen LogP contribution in [-0.4, -0.2) is 10.1 Å². The first-order chi connectivity index (χ1) is 10.0. The molecule has 0 fully saturated rings. The summed E-state index contributed by atoms with van der Waals surface area (Å²) in [5.74, 6) is 1.64. The molecule has 5 heteroatoms. The van der Waals surface area contributed by atoms with E-state index in [1.807, 2.05) is 25.1 Å². The molecule has 0 amide bonds. The molecule has 3 rings (SSSR count). The summed E-state index contributed by atoms with van der Waals surface area (Å²) >= 11 is 1.46. The Morgan fingerprint density at radius 2 is 1.90 bits per heavy atom. The third-order valence-electron chi connectivity index (χ3n) is 3.39. The zero-order valence-corrected chi connectivity index (χ0v) is 13.1. The molecule has 1 aromatic carbocycles. The summed E-state index contributed by atoms with van der Waals surface area (Å²) in [5, 5.41) is 4.82. The summed E-state index contributed by atoms with van der Waals surface area (Å²) in [6.07, 6.45) is 0. The van der Waals surface area contributed by atoms with Crippen LogP contribution in [0.1, 0.15) is 30.9 Å². The zero-order chi connectivity index (χ0) is 15.0. The lowest BCUT2D eigenvalue weighted by atomic mass is 10.0. The van der Waals surface area contributed by atoms with E-state index < -0.39 is 0 Å². The summed E-state index contributed by atoms with van der Waals surface area (Å²) < 4.78 is 5.37. The predicted octanol–water partition coefficient (Wildman–Crippen LogP) is 4.48. The lowest BCUT2D eigenvalue weighted by Gasteiger charge is -2.04. The summed E-state index contributed by atoms with van der Waals surface area (Å²) in [5.41, 5.74) is 9.12. The van der Waals surface area contributed by atoms with Crippen LogP contribution in [0.5, 0.6) is 0 Å².